The lowest BCUT2D eigenvalue weighted by molar-refractivity contribution is 0.0437. The lowest BCUT2D eigenvalue weighted by Crippen LogP contribution is -2.51. The molecule has 1 heterocycles. The third-order valence-electron chi connectivity index (χ3n) is 4.87. The van der Waals surface area contributed by atoms with Gasteiger partial charge >= 0.3 is 6.09 Å². The molecule has 1 aromatic carbocycles. The molecule has 5 nitrogen and oxygen atoms in total. The number of carbonyl (C=O) groups is 1. The maximum atomic E-state index is 12.2. The number of nitrogens with zero attached hydrogens (tertiary/aromatic N) is 1. The fraction of sp³-hybridized carbons (Fsp3) is 0.650. The van der Waals surface area contributed by atoms with Crippen LogP contribution >= 0.6 is 0 Å². The number of amides is 1. The van der Waals surface area contributed by atoms with E-state index in [2.05, 4.69) is 48.3 Å². The predicted octanol–water partition coefficient (Wildman–Crippen LogP) is 3.14. The summed E-state index contributed by atoms with van der Waals surface area (Å²) in [6.45, 7) is 12.2. The second-order valence-electron chi connectivity index (χ2n) is 8.59. The monoisotopic (exact) mass is 347 g/mol. The minimum absolute atomic E-state index is 0.331. The Morgan fingerprint density at radius 1 is 1.24 bits per heavy atom. The fourth-order valence-corrected chi connectivity index (χ4v) is 3.43. The summed E-state index contributed by atoms with van der Waals surface area (Å²) in [4.78, 5) is 14.6. The second kappa shape index (κ2) is 7.75. The van der Waals surface area contributed by atoms with Crippen molar-refractivity contribution in [2.45, 2.75) is 64.8 Å². The molecule has 0 spiro atoms. The first-order valence-corrected chi connectivity index (χ1v) is 9.10. The van der Waals surface area contributed by atoms with Gasteiger partial charge in [-0.25, -0.2) is 4.79 Å². The molecule has 0 unspecified atom stereocenters. The topological polar surface area (TPSA) is 67.6 Å². The minimum Gasteiger partial charge on any atom is -0.444 e. The Balaban J connectivity index is 2.00. The van der Waals surface area contributed by atoms with E-state index in [0.29, 0.717) is 18.5 Å². The van der Waals surface area contributed by atoms with Gasteiger partial charge in [0, 0.05) is 31.2 Å². The summed E-state index contributed by atoms with van der Waals surface area (Å²) in [6.07, 6.45) is 0.620. The van der Waals surface area contributed by atoms with E-state index in [1.165, 1.54) is 5.56 Å². The van der Waals surface area contributed by atoms with Crippen molar-refractivity contribution >= 4 is 6.09 Å². The zero-order valence-corrected chi connectivity index (χ0v) is 16.2. The van der Waals surface area contributed by atoms with Gasteiger partial charge in [0.15, 0.2) is 0 Å². The molecule has 1 aromatic rings. The summed E-state index contributed by atoms with van der Waals surface area (Å²) in [6, 6.07) is 10.8. The standard InChI is InChI=1S/C20H33N3O2/c1-19(2,3)25-18(24)22-20(4,5)16-11-17(12-21)23(14-16)13-15-9-7-6-8-10-15/h6-10,16-17H,11-14,21H2,1-5H3,(H,22,24)/t16-,17-/m0/s1. The van der Waals surface area contributed by atoms with Crippen LogP contribution in [0.5, 0.6) is 0 Å². The van der Waals surface area contributed by atoms with Gasteiger partial charge in [-0.3, -0.25) is 4.90 Å². The van der Waals surface area contributed by atoms with Crippen LogP contribution in [0.3, 0.4) is 0 Å². The molecule has 0 saturated carbocycles. The van der Waals surface area contributed by atoms with E-state index >= 15 is 0 Å². The molecule has 2 rings (SSSR count). The molecule has 0 bridgehead atoms. The van der Waals surface area contributed by atoms with Crippen molar-refractivity contribution in [1.82, 2.24) is 10.2 Å². The van der Waals surface area contributed by atoms with Gasteiger partial charge in [-0.1, -0.05) is 30.3 Å². The smallest absolute Gasteiger partial charge is 0.408 e. The molecule has 1 amide bonds. The largest absolute Gasteiger partial charge is 0.444 e. The van der Waals surface area contributed by atoms with Crippen LogP contribution in [0, 0.1) is 5.92 Å². The normalized spacial score (nSPS) is 22.0. The number of hydrogen-bond donors (Lipinski definition) is 2. The van der Waals surface area contributed by atoms with E-state index < -0.39 is 5.60 Å². The molecule has 0 aromatic heterocycles. The van der Waals surface area contributed by atoms with Crippen molar-refractivity contribution in [3.05, 3.63) is 35.9 Å². The lowest BCUT2D eigenvalue weighted by atomic mass is 9.85. The fourth-order valence-electron chi connectivity index (χ4n) is 3.43. The van der Waals surface area contributed by atoms with Crippen LogP contribution in [0.25, 0.3) is 0 Å². The molecule has 0 aliphatic carbocycles. The van der Waals surface area contributed by atoms with Crippen LogP contribution in [0.15, 0.2) is 30.3 Å². The highest BCUT2D eigenvalue weighted by atomic mass is 16.6. The molecule has 3 N–H and O–H groups in total. The number of hydrogen-bond acceptors (Lipinski definition) is 4. The van der Waals surface area contributed by atoms with Crippen molar-refractivity contribution in [1.29, 1.82) is 0 Å². The zero-order valence-electron chi connectivity index (χ0n) is 16.2. The number of nitrogens with two attached hydrogens (primary N) is 1. The third kappa shape index (κ3) is 5.72. The Bertz CT molecular complexity index is 566. The summed E-state index contributed by atoms with van der Waals surface area (Å²) >= 11 is 0. The van der Waals surface area contributed by atoms with Crippen LogP contribution in [-0.2, 0) is 11.3 Å². The summed E-state index contributed by atoms with van der Waals surface area (Å²) in [5.41, 5.74) is 6.47. The third-order valence-corrected chi connectivity index (χ3v) is 4.87. The molecule has 1 aliphatic rings. The van der Waals surface area contributed by atoms with Crippen LogP contribution in [0.2, 0.25) is 0 Å². The average molecular weight is 348 g/mol. The molecular formula is C20H33N3O2. The van der Waals surface area contributed by atoms with E-state index in [9.17, 15) is 4.79 Å². The first-order chi connectivity index (χ1) is 11.6. The van der Waals surface area contributed by atoms with Crippen molar-refractivity contribution in [3.8, 4) is 0 Å². The first kappa shape index (κ1) is 19.7. The Morgan fingerprint density at radius 2 is 1.88 bits per heavy atom. The highest BCUT2D eigenvalue weighted by molar-refractivity contribution is 5.68. The molecule has 140 valence electrons. The summed E-state index contributed by atoms with van der Waals surface area (Å²) in [5.74, 6) is 0.331. The summed E-state index contributed by atoms with van der Waals surface area (Å²) < 4.78 is 5.42. The maximum absolute atomic E-state index is 12.2. The van der Waals surface area contributed by atoms with Crippen LogP contribution in [0.1, 0.15) is 46.6 Å². The van der Waals surface area contributed by atoms with Crippen molar-refractivity contribution in [2.24, 2.45) is 11.7 Å². The van der Waals surface area contributed by atoms with Gasteiger partial charge in [-0.15, -0.1) is 0 Å². The van der Waals surface area contributed by atoms with E-state index in [-0.39, 0.29) is 11.6 Å². The van der Waals surface area contributed by atoms with Crippen LogP contribution in [-0.4, -0.2) is 41.3 Å². The number of rotatable bonds is 5. The molecule has 5 heteroatoms. The maximum Gasteiger partial charge on any atom is 0.408 e. The van der Waals surface area contributed by atoms with Crippen LogP contribution in [0.4, 0.5) is 4.79 Å². The molecule has 25 heavy (non-hydrogen) atoms. The Kier molecular flexibility index (Phi) is 6.12. The summed E-state index contributed by atoms with van der Waals surface area (Å²) in [5, 5.41) is 3.06. The Morgan fingerprint density at radius 3 is 2.44 bits per heavy atom. The van der Waals surface area contributed by atoms with Gasteiger partial charge in [0.05, 0.1) is 0 Å². The van der Waals surface area contributed by atoms with Crippen molar-refractivity contribution in [3.63, 3.8) is 0 Å². The van der Waals surface area contributed by atoms with Crippen molar-refractivity contribution < 1.29 is 9.53 Å². The summed E-state index contributed by atoms with van der Waals surface area (Å²) in [7, 11) is 0. The number of alkyl carbamates (subject to hydrolysis) is 1. The average Bonchev–Trinajstić information content (AvgIpc) is 2.89. The number of ether oxygens (including phenoxy) is 1. The van der Waals surface area contributed by atoms with Gasteiger partial charge < -0.3 is 15.8 Å². The quantitative estimate of drug-likeness (QED) is 0.859. The van der Waals surface area contributed by atoms with E-state index in [0.717, 1.165) is 19.5 Å². The Labute approximate surface area is 151 Å². The zero-order chi connectivity index (χ0) is 18.7. The lowest BCUT2D eigenvalue weighted by Gasteiger charge is -2.33. The molecule has 1 fully saturated rings. The first-order valence-electron chi connectivity index (χ1n) is 9.10. The van der Waals surface area contributed by atoms with E-state index in [4.69, 9.17) is 10.5 Å². The van der Waals surface area contributed by atoms with Crippen molar-refractivity contribution in [2.75, 3.05) is 13.1 Å². The highest BCUT2D eigenvalue weighted by Crippen LogP contribution is 2.32. The van der Waals surface area contributed by atoms with Gasteiger partial charge in [0.2, 0.25) is 0 Å². The minimum atomic E-state index is -0.491. The van der Waals surface area contributed by atoms with Gasteiger partial charge in [0.25, 0.3) is 0 Å². The van der Waals surface area contributed by atoms with Gasteiger partial charge in [-0.2, -0.15) is 0 Å². The molecule has 1 aliphatic heterocycles. The second-order valence-corrected chi connectivity index (χ2v) is 8.59. The Hall–Kier alpha value is -1.59. The predicted molar refractivity (Wildman–Crippen MR) is 101 cm³/mol. The number of benzene rings is 1. The van der Waals surface area contributed by atoms with E-state index in [1.54, 1.807) is 0 Å². The van der Waals surface area contributed by atoms with Gasteiger partial charge in [-0.05, 0) is 52.5 Å². The molecular weight excluding hydrogens is 314 g/mol. The number of carbonyl (C=O) groups excluding carboxylic acids is 1. The SMILES string of the molecule is CC(C)(C)OC(=O)NC(C)(C)[C@H]1C[C@@H](CN)N(Cc2ccccc2)C1. The molecule has 2 atom stereocenters. The molecule has 1 saturated heterocycles. The van der Waals surface area contributed by atoms with E-state index in [1.807, 2.05) is 26.8 Å². The number of likely N-dealkylation sites (tertiary alicyclic amines) is 1. The number of nitrogens with one attached hydrogen (secondary N) is 1. The highest BCUT2D eigenvalue weighted by Gasteiger charge is 2.41. The van der Waals surface area contributed by atoms with Gasteiger partial charge in [0.1, 0.15) is 5.60 Å². The van der Waals surface area contributed by atoms with Crippen LogP contribution < -0.4 is 11.1 Å². The molecule has 0 radical (unpaired) electrons.